The Morgan fingerprint density at radius 3 is 2.70 bits per heavy atom. The van der Waals surface area contributed by atoms with Crippen molar-refractivity contribution in [2.75, 3.05) is 7.11 Å². The monoisotopic (exact) mass is 478 g/mol. The van der Waals surface area contributed by atoms with Gasteiger partial charge in [-0.15, -0.1) is 0 Å². The second-order valence-electron chi connectivity index (χ2n) is 5.99. The fourth-order valence-electron chi connectivity index (χ4n) is 2.79. The van der Waals surface area contributed by atoms with E-state index >= 15 is 0 Å². The highest BCUT2D eigenvalue weighted by Gasteiger charge is 2.24. The summed E-state index contributed by atoms with van der Waals surface area (Å²) in [7, 11) is 1.30. The van der Waals surface area contributed by atoms with E-state index in [1.165, 1.54) is 7.11 Å². The zero-order valence-electron chi connectivity index (χ0n) is 14.7. The number of esters is 1. The second kappa shape index (κ2) is 8.90. The number of methoxy groups -OCH3 is 1. The smallest absolute Gasteiger partial charge is 0.408 e. The molecule has 0 spiro atoms. The lowest BCUT2D eigenvalue weighted by atomic mass is 10.1. The molecule has 0 fully saturated rings. The number of carbonyl (C=O) groups is 2. The van der Waals surface area contributed by atoms with E-state index < -0.39 is 18.1 Å². The van der Waals surface area contributed by atoms with Gasteiger partial charge in [0.15, 0.2) is 0 Å². The minimum absolute atomic E-state index is 0.131. The fourth-order valence-corrected chi connectivity index (χ4v) is 3.28. The van der Waals surface area contributed by atoms with Crippen LogP contribution in [0.4, 0.5) is 4.79 Å². The van der Waals surface area contributed by atoms with Crippen LogP contribution in [0.15, 0.2) is 54.7 Å². The molecule has 1 aromatic heterocycles. The molecule has 3 rings (SSSR count). The van der Waals surface area contributed by atoms with E-state index in [0.717, 1.165) is 25.6 Å². The summed E-state index contributed by atoms with van der Waals surface area (Å²) in [5, 5.41) is 3.60. The Bertz CT molecular complexity index is 940. The van der Waals surface area contributed by atoms with Crippen LogP contribution in [0.5, 0.6) is 0 Å². The van der Waals surface area contributed by atoms with Crippen LogP contribution in [0.1, 0.15) is 11.1 Å². The summed E-state index contributed by atoms with van der Waals surface area (Å²) in [6, 6.07) is 14.5. The van der Waals surface area contributed by atoms with Crippen molar-refractivity contribution >= 4 is 45.6 Å². The molecule has 0 aliphatic rings. The van der Waals surface area contributed by atoms with Gasteiger partial charge in [-0.2, -0.15) is 0 Å². The van der Waals surface area contributed by atoms with Crippen molar-refractivity contribution in [1.82, 2.24) is 10.3 Å². The molecule has 140 valence electrons. The maximum absolute atomic E-state index is 12.1. The van der Waals surface area contributed by atoms with Crippen LogP contribution in [-0.4, -0.2) is 30.2 Å². The molecule has 0 bridgehead atoms. The van der Waals surface area contributed by atoms with Gasteiger partial charge in [-0.05, 0) is 45.9 Å². The molecule has 0 aliphatic heterocycles. The molecule has 7 heteroatoms. The molecule has 0 radical (unpaired) electrons. The van der Waals surface area contributed by atoms with Crippen molar-refractivity contribution in [2.24, 2.45) is 0 Å². The maximum atomic E-state index is 12.1. The minimum Gasteiger partial charge on any atom is -0.467 e. The number of nitrogens with one attached hydrogen (secondary N) is 2. The standard InChI is InChI=1S/C20H19IN2O4/c1-26-19(24)18(23-20(25)27-12-13-5-3-2-4-6-13)9-14-11-22-17-10-15(21)7-8-16(14)17/h2-8,10-11,18,22H,9,12H2,1H3,(H,23,25)/t18-/m1/s1. The van der Waals surface area contributed by atoms with Gasteiger partial charge < -0.3 is 19.8 Å². The van der Waals surface area contributed by atoms with E-state index in [4.69, 9.17) is 9.47 Å². The Kier molecular flexibility index (Phi) is 6.33. The normalized spacial score (nSPS) is 11.8. The number of ether oxygens (including phenoxy) is 2. The quantitative estimate of drug-likeness (QED) is 0.418. The number of alkyl carbamates (subject to hydrolysis) is 1. The van der Waals surface area contributed by atoms with E-state index in [0.29, 0.717) is 6.42 Å². The van der Waals surface area contributed by atoms with Crippen molar-refractivity contribution in [3.8, 4) is 0 Å². The van der Waals surface area contributed by atoms with E-state index in [1.807, 2.05) is 54.7 Å². The summed E-state index contributed by atoms with van der Waals surface area (Å²) in [5.41, 5.74) is 2.76. The Labute approximate surface area is 170 Å². The average Bonchev–Trinajstić information content (AvgIpc) is 3.07. The molecular formula is C20H19IN2O4. The number of fused-ring (bicyclic) bond motifs is 1. The van der Waals surface area contributed by atoms with E-state index in [9.17, 15) is 9.59 Å². The number of amides is 1. The third-order valence-electron chi connectivity index (χ3n) is 4.14. The van der Waals surface area contributed by atoms with E-state index in [1.54, 1.807) is 0 Å². The third kappa shape index (κ3) is 5.00. The predicted molar refractivity (Wildman–Crippen MR) is 110 cm³/mol. The molecule has 1 heterocycles. The highest BCUT2D eigenvalue weighted by Crippen LogP contribution is 2.22. The largest absolute Gasteiger partial charge is 0.467 e. The van der Waals surface area contributed by atoms with Crippen LogP contribution in [0.3, 0.4) is 0 Å². The Balaban J connectivity index is 1.68. The molecular weight excluding hydrogens is 459 g/mol. The first-order valence-electron chi connectivity index (χ1n) is 8.37. The van der Waals surface area contributed by atoms with Crippen LogP contribution in [0, 0.1) is 3.57 Å². The lowest BCUT2D eigenvalue weighted by Gasteiger charge is -2.16. The number of hydrogen-bond acceptors (Lipinski definition) is 4. The van der Waals surface area contributed by atoms with Gasteiger partial charge >= 0.3 is 12.1 Å². The lowest BCUT2D eigenvalue weighted by molar-refractivity contribution is -0.142. The van der Waals surface area contributed by atoms with Gasteiger partial charge in [-0.1, -0.05) is 36.4 Å². The molecule has 27 heavy (non-hydrogen) atoms. The van der Waals surface area contributed by atoms with Crippen LogP contribution >= 0.6 is 22.6 Å². The van der Waals surface area contributed by atoms with Crippen molar-refractivity contribution in [1.29, 1.82) is 0 Å². The van der Waals surface area contributed by atoms with Gasteiger partial charge in [0.05, 0.1) is 7.11 Å². The Hall–Kier alpha value is -2.55. The molecule has 1 amide bonds. The van der Waals surface area contributed by atoms with Gasteiger partial charge in [-0.25, -0.2) is 9.59 Å². The van der Waals surface area contributed by atoms with Gasteiger partial charge in [0.25, 0.3) is 0 Å². The molecule has 2 aromatic carbocycles. The SMILES string of the molecule is COC(=O)[C@@H](Cc1c[nH]c2cc(I)ccc12)NC(=O)OCc1ccccc1. The molecule has 1 atom stereocenters. The molecule has 0 aliphatic carbocycles. The van der Waals surface area contributed by atoms with Crippen molar-refractivity contribution in [2.45, 2.75) is 19.1 Å². The first-order chi connectivity index (χ1) is 13.1. The summed E-state index contributed by atoms with van der Waals surface area (Å²) in [4.78, 5) is 27.5. The van der Waals surface area contributed by atoms with Gasteiger partial charge in [0.2, 0.25) is 0 Å². The predicted octanol–water partition coefficient (Wildman–Crippen LogP) is 3.78. The van der Waals surface area contributed by atoms with E-state index in [2.05, 4.69) is 32.9 Å². The summed E-state index contributed by atoms with van der Waals surface area (Å²) < 4.78 is 11.2. The minimum atomic E-state index is -0.837. The first kappa shape index (κ1) is 19.2. The molecule has 3 aromatic rings. The second-order valence-corrected chi connectivity index (χ2v) is 7.24. The topological polar surface area (TPSA) is 80.4 Å². The highest BCUT2D eigenvalue weighted by atomic mass is 127. The van der Waals surface area contributed by atoms with Crippen LogP contribution in [-0.2, 0) is 27.3 Å². The summed E-state index contributed by atoms with van der Waals surface area (Å²) in [6.45, 7) is 0.131. The van der Waals surface area contributed by atoms with Crippen LogP contribution in [0.2, 0.25) is 0 Å². The fraction of sp³-hybridized carbons (Fsp3) is 0.200. The van der Waals surface area contributed by atoms with Crippen molar-refractivity contribution in [3.63, 3.8) is 0 Å². The summed E-state index contributed by atoms with van der Waals surface area (Å²) in [6.07, 6.45) is 1.48. The molecule has 0 unspecified atom stereocenters. The molecule has 2 N–H and O–H groups in total. The van der Waals surface area contributed by atoms with Crippen molar-refractivity contribution in [3.05, 3.63) is 69.4 Å². The summed E-state index contributed by atoms with van der Waals surface area (Å²) in [5.74, 6) is -0.522. The van der Waals surface area contributed by atoms with Gasteiger partial charge in [-0.3, -0.25) is 0 Å². The number of aromatic nitrogens is 1. The maximum Gasteiger partial charge on any atom is 0.408 e. The Morgan fingerprint density at radius 2 is 1.96 bits per heavy atom. The van der Waals surface area contributed by atoms with Crippen molar-refractivity contribution < 1.29 is 19.1 Å². The lowest BCUT2D eigenvalue weighted by Crippen LogP contribution is -2.43. The number of halogens is 1. The molecule has 0 saturated carbocycles. The highest BCUT2D eigenvalue weighted by molar-refractivity contribution is 14.1. The number of H-pyrrole nitrogens is 1. The molecule has 6 nitrogen and oxygen atoms in total. The van der Waals surface area contributed by atoms with Crippen LogP contribution < -0.4 is 5.32 Å². The van der Waals surface area contributed by atoms with Gasteiger partial charge in [0, 0.05) is 27.1 Å². The number of rotatable bonds is 6. The number of carbonyl (C=O) groups excluding carboxylic acids is 2. The molecule has 0 saturated heterocycles. The third-order valence-corrected chi connectivity index (χ3v) is 4.82. The summed E-state index contributed by atoms with van der Waals surface area (Å²) >= 11 is 2.24. The number of benzene rings is 2. The zero-order chi connectivity index (χ0) is 19.2. The number of hydrogen-bond donors (Lipinski definition) is 2. The van der Waals surface area contributed by atoms with E-state index in [-0.39, 0.29) is 6.61 Å². The number of aromatic amines is 1. The Morgan fingerprint density at radius 1 is 1.19 bits per heavy atom. The van der Waals surface area contributed by atoms with Crippen LogP contribution in [0.25, 0.3) is 10.9 Å². The zero-order valence-corrected chi connectivity index (χ0v) is 16.9. The van der Waals surface area contributed by atoms with Gasteiger partial charge in [0.1, 0.15) is 12.6 Å². The first-order valence-corrected chi connectivity index (χ1v) is 9.45. The average molecular weight is 478 g/mol.